The summed E-state index contributed by atoms with van der Waals surface area (Å²) in [5.74, 6) is -0.0241. The minimum Gasteiger partial charge on any atom is -0.460 e. The number of hydrogen-bond acceptors (Lipinski definition) is 9. The molecule has 4 rings (SSSR count). The fourth-order valence-electron chi connectivity index (χ4n) is 11.5. The molecule has 0 aliphatic carbocycles. The molecular weight excluding hydrogens is 733 g/mol. The van der Waals surface area contributed by atoms with Crippen molar-refractivity contribution in [3.8, 4) is 6.07 Å². The monoisotopic (exact) mass is 833 g/mol. The Bertz CT molecular complexity index is 1380. The number of carbonyl (C=O) groups is 1. The fourth-order valence-corrected chi connectivity index (χ4v) is 11.5. The molecule has 348 valence electrons. The lowest BCUT2D eigenvalue weighted by Crippen LogP contribution is -2.53. The van der Waals surface area contributed by atoms with E-state index in [9.17, 15) is 15.2 Å². The van der Waals surface area contributed by atoms with Gasteiger partial charge in [0, 0.05) is 50.4 Å². The maximum absolute atomic E-state index is 12.1. The number of nitrogens with two attached hydrogens (primary N) is 1. The van der Waals surface area contributed by atoms with Crippen molar-refractivity contribution in [2.75, 3.05) is 0 Å². The normalized spacial score (nSPS) is 34.3. The summed E-state index contributed by atoms with van der Waals surface area (Å²) in [6.45, 7) is 54.1. The average Bonchev–Trinajstić information content (AvgIpc) is 3.44. The van der Waals surface area contributed by atoms with Gasteiger partial charge in [-0.2, -0.15) is 5.26 Å². The van der Waals surface area contributed by atoms with Gasteiger partial charge in [-0.3, -0.25) is 4.79 Å². The van der Waals surface area contributed by atoms with Crippen LogP contribution in [0.5, 0.6) is 0 Å². The minimum absolute atomic E-state index is 0.00503. The van der Waals surface area contributed by atoms with Crippen molar-refractivity contribution in [1.29, 1.82) is 5.26 Å². The molecule has 0 spiro atoms. The van der Waals surface area contributed by atoms with Crippen molar-refractivity contribution in [3.63, 3.8) is 0 Å². The van der Waals surface area contributed by atoms with Crippen LogP contribution in [0.1, 0.15) is 218 Å². The van der Waals surface area contributed by atoms with Crippen LogP contribution in [-0.4, -0.2) is 73.1 Å². The summed E-state index contributed by atoms with van der Waals surface area (Å²) in [6.07, 6.45) is 6.65. The molecule has 4 heterocycles. The second kappa shape index (κ2) is 18.1. The molecule has 7 atom stereocenters. The van der Waals surface area contributed by atoms with E-state index >= 15 is 0 Å². The third kappa shape index (κ3) is 18.5. The van der Waals surface area contributed by atoms with Gasteiger partial charge in [0.2, 0.25) is 0 Å². The van der Waals surface area contributed by atoms with Crippen molar-refractivity contribution in [2.45, 2.75) is 280 Å². The molecule has 0 saturated carbocycles. The average molecular weight is 833 g/mol. The number of nitrogens with one attached hydrogen (secondary N) is 4. The summed E-state index contributed by atoms with van der Waals surface area (Å²) < 4.78 is 5.47. The van der Waals surface area contributed by atoms with Gasteiger partial charge in [0.25, 0.3) is 0 Å². The van der Waals surface area contributed by atoms with Crippen molar-refractivity contribution in [1.82, 2.24) is 21.3 Å². The van der Waals surface area contributed by atoms with Gasteiger partial charge in [0.1, 0.15) is 5.60 Å². The number of rotatable bonds is 4. The molecule has 0 radical (unpaired) electrons. The maximum Gasteiger partial charge on any atom is 0.311 e. The zero-order chi connectivity index (χ0) is 47.1. The lowest BCUT2D eigenvalue weighted by atomic mass is 9.75. The van der Waals surface area contributed by atoms with Gasteiger partial charge in [-0.05, 0) is 172 Å². The molecule has 0 aromatic heterocycles. The van der Waals surface area contributed by atoms with E-state index < -0.39 is 5.60 Å². The molecule has 4 aliphatic heterocycles. The second-order valence-corrected chi connectivity index (χ2v) is 27.9. The quantitative estimate of drug-likeness (QED) is 0.153. The van der Waals surface area contributed by atoms with Gasteiger partial charge < -0.3 is 36.8 Å². The van der Waals surface area contributed by atoms with E-state index in [2.05, 4.69) is 180 Å². The molecule has 7 N–H and O–H groups in total. The van der Waals surface area contributed by atoms with Crippen molar-refractivity contribution in [2.24, 2.45) is 33.8 Å². The number of aliphatic hydroxyl groups excluding tert-OH is 1. The third-order valence-corrected chi connectivity index (χ3v) is 12.1. The Morgan fingerprint density at radius 1 is 0.593 bits per heavy atom. The van der Waals surface area contributed by atoms with Gasteiger partial charge in [0.05, 0.1) is 24.0 Å². The van der Waals surface area contributed by atoms with Gasteiger partial charge >= 0.3 is 5.97 Å². The van der Waals surface area contributed by atoms with E-state index in [1.54, 1.807) is 0 Å². The first-order valence-corrected chi connectivity index (χ1v) is 22.8. The van der Waals surface area contributed by atoms with Gasteiger partial charge in [-0.15, -0.1) is 0 Å². The molecule has 4 fully saturated rings. The van der Waals surface area contributed by atoms with Crippen molar-refractivity contribution >= 4 is 5.97 Å². The van der Waals surface area contributed by atoms with Gasteiger partial charge in [-0.1, -0.05) is 62.3 Å². The van der Waals surface area contributed by atoms with E-state index in [1.165, 1.54) is 0 Å². The van der Waals surface area contributed by atoms with Crippen LogP contribution in [0.2, 0.25) is 0 Å². The summed E-state index contributed by atoms with van der Waals surface area (Å²) in [5, 5.41) is 33.7. The zero-order valence-corrected chi connectivity index (χ0v) is 43.5. The molecular formula is C50H100N6O3. The number of ether oxygens (including phenoxy) is 1. The number of nitrogens with zero attached hydrogens (tertiary/aromatic N) is 1. The lowest BCUT2D eigenvalue weighted by Gasteiger charge is -2.37. The highest BCUT2D eigenvalue weighted by molar-refractivity contribution is 5.75. The van der Waals surface area contributed by atoms with E-state index in [4.69, 9.17) is 10.5 Å². The Kier molecular flexibility index (Phi) is 17.1. The lowest BCUT2D eigenvalue weighted by molar-refractivity contribution is -0.161. The first-order valence-electron chi connectivity index (χ1n) is 22.8. The maximum atomic E-state index is 12.1. The van der Waals surface area contributed by atoms with Crippen LogP contribution in [0.4, 0.5) is 0 Å². The number of hydrogen-bond donors (Lipinski definition) is 6. The third-order valence-electron chi connectivity index (χ3n) is 12.1. The number of esters is 1. The van der Waals surface area contributed by atoms with E-state index in [0.717, 1.165) is 44.9 Å². The van der Waals surface area contributed by atoms with Crippen molar-refractivity contribution in [3.05, 3.63) is 0 Å². The Morgan fingerprint density at radius 3 is 1.27 bits per heavy atom. The first-order chi connectivity index (χ1) is 25.6. The summed E-state index contributed by atoms with van der Waals surface area (Å²) in [6, 6.07) is 2.74. The molecule has 59 heavy (non-hydrogen) atoms. The van der Waals surface area contributed by atoms with Crippen LogP contribution in [0.15, 0.2) is 0 Å². The Labute approximate surface area is 366 Å². The van der Waals surface area contributed by atoms with Crippen LogP contribution in [0.25, 0.3) is 0 Å². The van der Waals surface area contributed by atoms with E-state index in [0.29, 0.717) is 5.41 Å². The predicted molar refractivity (Wildman–Crippen MR) is 251 cm³/mol. The Hall–Kier alpha value is -1.28. The molecule has 4 saturated heterocycles. The second-order valence-electron chi connectivity index (χ2n) is 27.9. The van der Waals surface area contributed by atoms with Crippen molar-refractivity contribution < 1.29 is 14.6 Å². The minimum atomic E-state index is -0.403. The molecule has 9 nitrogen and oxygen atoms in total. The number of carbonyl (C=O) groups excluding carboxylic acids is 1. The zero-order valence-electron chi connectivity index (χ0n) is 43.5. The summed E-state index contributed by atoms with van der Waals surface area (Å²) >= 11 is 0. The highest BCUT2D eigenvalue weighted by Crippen LogP contribution is 2.43. The first kappa shape index (κ1) is 55.7. The predicted octanol–water partition coefficient (Wildman–Crippen LogP) is 10.2. The van der Waals surface area contributed by atoms with Crippen LogP contribution < -0.4 is 27.0 Å². The fraction of sp³-hybridized carbons (Fsp3) is 0.960. The molecule has 4 aliphatic rings. The summed E-state index contributed by atoms with van der Waals surface area (Å²) in [5.41, 5.74) is 6.80. The number of aliphatic hydroxyl groups is 1. The molecule has 0 aromatic carbocycles. The smallest absolute Gasteiger partial charge is 0.311 e. The highest BCUT2D eigenvalue weighted by Gasteiger charge is 2.51. The Balaban J connectivity index is 0.000000394. The summed E-state index contributed by atoms with van der Waals surface area (Å²) in [7, 11) is 0. The molecule has 9 heteroatoms. The van der Waals surface area contributed by atoms with E-state index in [-0.39, 0.29) is 85.1 Å². The molecule has 0 bridgehead atoms. The van der Waals surface area contributed by atoms with Crippen LogP contribution in [0, 0.1) is 39.4 Å². The largest absolute Gasteiger partial charge is 0.460 e. The highest BCUT2D eigenvalue weighted by atomic mass is 16.6. The van der Waals surface area contributed by atoms with Crippen LogP contribution in [-0.2, 0) is 9.53 Å². The standard InChI is InChI=1S/C13H24N2.C13H25NO2.C12H26N2.C12H25NO/c1-11(2,3)9-13(6)10(8-14)7-12(4,5)15-13;1-11(2,3)16-10(15)9-8-12(4,5)14-13(9,6)7;1-10(2,3)8-12(6)9(13)7-11(4,5)14-12;1-10(2,3)8-12(6)9(14)7-11(4,5)13-12/h10,15H,7,9H2,1-6H3;9,14H,8H2,1-7H3;9,14H,7-8,13H2,1-6H3;9,13-14H,7-8H2,1-6H3. The van der Waals surface area contributed by atoms with Gasteiger partial charge in [0.15, 0.2) is 0 Å². The SMILES string of the molecule is CC(C)(C)CC1(C)NC(C)(C)CC1C#N.CC(C)(C)CC1(C)NC(C)(C)CC1N.CC(C)(C)CC1(C)NC(C)(C)CC1O.CC1(C)CC(C(=O)OC(C)(C)C)C(C)(C)N1. The number of nitriles is 1. The van der Waals surface area contributed by atoms with Crippen LogP contribution in [0.3, 0.4) is 0 Å². The molecule has 0 aromatic rings. The molecule has 0 amide bonds. The van der Waals surface area contributed by atoms with E-state index in [1.807, 2.05) is 20.8 Å². The molecule has 7 unspecified atom stereocenters. The topological polar surface area (TPSA) is 144 Å². The van der Waals surface area contributed by atoms with Crippen LogP contribution >= 0.6 is 0 Å². The van der Waals surface area contributed by atoms with Gasteiger partial charge in [-0.25, -0.2) is 0 Å². The Morgan fingerprint density at radius 2 is 0.949 bits per heavy atom. The summed E-state index contributed by atoms with van der Waals surface area (Å²) in [4.78, 5) is 12.1.